The van der Waals surface area contributed by atoms with Crippen molar-refractivity contribution < 1.29 is 4.79 Å². The van der Waals surface area contributed by atoms with Gasteiger partial charge in [0.25, 0.3) is 5.91 Å². The number of hydrogen-bond acceptors (Lipinski definition) is 3. The van der Waals surface area contributed by atoms with E-state index in [0.717, 1.165) is 36.8 Å². The summed E-state index contributed by atoms with van der Waals surface area (Å²) in [5, 5.41) is 0. The second-order valence-electron chi connectivity index (χ2n) is 6.33. The molecule has 5 heteroatoms. The third-order valence-electron chi connectivity index (χ3n) is 5.28. The van der Waals surface area contributed by atoms with E-state index in [-0.39, 0.29) is 5.54 Å². The Bertz CT molecular complexity index is 722. The molecule has 1 aliphatic carbocycles. The first kappa shape index (κ1) is 12.8. The minimum atomic E-state index is -0.417. The fourth-order valence-corrected chi connectivity index (χ4v) is 4.30. The highest BCUT2D eigenvalue weighted by Gasteiger charge is 2.52. The number of piperidine rings is 1. The van der Waals surface area contributed by atoms with Crippen molar-refractivity contribution in [3.05, 3.63) is 29.6 Å². The smallest absolute Gasteiger partial charge is 0.250 e. The molecule has 2 fully saturated rings. The molecule has 5 nitrogen and oxygen atoms in total. The number of nitrogens with two attached hydrogens (primary N) is 1. The van der Waals surface area contributed by atoms with E-state index >= 15 is 0 Å². The number of likely N-dealkylation sites (tertiary alicyclic amines) is 1. The van der Waals surface area contributed by atoms with Crippen molar-refractivity contribution in [3.63, 3.8) is 0 Å². The Morgan fingerprint density at radius 2 is 2.43 bits per heavy atom. The van der Waals surface area contributed by atoms with Crippen LogP contribution in [0.15, 0.2) is 18.2 Å². The highest BCUT2D eigenvalue weighted by atomic mass is 16.1. The van der Waals surface area contributed by atoms with Crippen LogP contribution in [0.3, 0.4) is 0 Å². The summed E-state index contributed by atoms with van der Waals surface area (Å²) in [5.41, 5.74) is 7.62. The van der Waals surface area contributed by atoms with E-state index in [1.54, 1.807) is 6.07 Å². The lowest BCUT2D eigenvalue weighted by atomic mass is 9.96. The molecule has 2 atom stereocenters. The molecule has 110 valence electrons. The monoisotopic (exact) mass is 284 g/mol. The lowest BCUT2D eigenvalue weighted by Gasteiger charge is -2.36. The molecule has 2 aromatic rings. The number of primary amides is 1. The number of benzene rings is 1. The molecule has 1 saturated carbocycles. The third kappa shape index (κ3) is 1.67. The van der Waals surface area contributed by atoms with Gasteiger partial charge < -0.3 is 10.7 Å². The van der Waals surface area contributed by atoms with Gasteiger partial charge >= 0.3 is 0 Å². The van der Waals surface area contributed by atoms with Crippen LogP contribution in [0.1, 0.15) is 42.4 Å². The van der Waals surface area contributed by atoms with Crippen LogP contribution in [0.25, 0.3) is 11.0 Å². The summed E-state index contributed by atoms with van der Waals surface area (Å²) in [6.07, 6.45) is 3.60. The lowest BCUT2D eigenvalue weighted by Crippen LogP contribution is -2.42. The third-order valence-corrected chi connectivity index (χ3v) is 5.28. The van der Waals surface area contributed by atoms with Crippen molar-refractivity contribution in [1.29, 1.82) is 0 Å². The minimum absolute atomic E-state index is 0.0351. The van der Waals surface area contributed by atoms with E-state index in [2.05, 4.69) is 16.8 Å². The van der Waals surface area contributed by atoms with Gasteiger partial charge in [-0.15, -0.1) is 0 Å². The number of imidazole rings is 1. The van der Waals surface area contributed by atoms with Gasteiger partial charge in [-0.25, -0.2) is 4.98 Å². The largest absolute Gasteiger partial charge is 0.366 e. The van der Waals surface area contributed by atoms with Crippen LogP contribution < -0.4 is 5.73 Å². The highest BCUT2D eigenvalue weighted by molar-refractivity contribution is 6.04. The minimum Gasteiger partial charge on any atom is -0.366 e. The number of rotatable bonds is 3. The van der Waals surface area contributed by atoms with Gasteiger partial charge in [0.15, 0.2) is 0 Å². The maximum atomic E-state index is 11.6. The Hall–Kier alpha value is -1.88. The average molecular weight is 284 g/mol. The second kappa shape index (κ2) is 4.31. The number of aromatic amines is 1. The Labute approximate surface area is 123 Å². The first-order valence-electron chi connectivity index (χ1n) is 7.68. The van der Waals surface area contributed by atoms with Gasteiger partial charge in [-0.1, -0.05) is 13.0 Å². The number of nitrogens with zero attached hydrogens (tertiary/aromatic N) is 2. The summed E-state index contributed by atoms with van der Waals surface area (Å²) in [5.74, 6) is 1.38. The number of para-hydroxylation sites is 1. The average Bonchev–Trinajstić information content (AvgIpc) is 3.17. The SMILES string of the molecule is CCN1C[C@H]2CC[C@@]1(c1nc3c(C(N)=O)cccc3[nH]1)C2. The fourth-order valence-electron chi connectivity index (χ4n) is 4.30. The van der Waals surface area contributed by atoms with Crippen molar-refractivity contribution in [2.75, 3.05) is 13.1 Å². The maximum absolute atomic E-state index is 11.6. The van der Waals surface area contributed by atoms with Crippen molar-refractivity contribution >= 4 is 16.9 Å². The van der Waals surface area contributed by atoms with Crippen LogP contribution in [-0.2, 0) is 5.54 Å². The van der Waals surface area contributed by atoms with E-state index in [9.17, 15) is 4.79 Å². The Morgan fingerprint density at radius 1 is 1.57 bits per heavy atom. The van der Waals surface area contributed by atoms with Crippen molar-refractivity contribution in [3.8, 4) is 0 Å². The van der Waals surface area contributed by atoms with Crippen molar-refractivity contribution in [2.45, 2.75) is 31.7 Å². The van der Waals surface area contributed by atoms with Gasteiger partial charge in [0.1, 0.15) is 11.3 Å². The topological polar surface area (TPSA) is 75.0 Å². The molecule has 0 radical (unpaired) electrons. The van der Waals surface area contributed by atoms with E-state index in [1.807, 2.05) is 12.1 Å². The van der Waals surface area contributed by atoms with Crippen molar-refractivity contribution in [2.24, 2.45) is 11.7 Å². The van der Waals surface area contributed by atoms with E-state index in [0.29, 0.717) is 11.1 Å². The van der Waals surface area contributed by atoms with Gasteiger partial charge in [-0.3, -0.25) is 9.69 Å². The first-order chi connectivity index (χ1) is 10.1. The van der Waals surface area contributed by atoms with Gasteiger partial charge in [0.2, 0.25) is 0 Å². The quantitative estimate of drug-likeness (QED) is 0.905. The number of fused-ring (bicyclic) bond motifs is 3. The zero-order chi connectivity index (χ0) is 14.6. The molecule has 2 heterocycles. The molecule has 1 saturated heterocycles. The molecule has 1 aromatic heterocycles. The number of carbonyl (C=O) groups excluding carboxylic acids is 1. The van der Waals surface area contributed by atoms with Crippen LogP contribution in [-0.4, -0.2) is 33.9 Å². The molecule has 2 aliphatic rings. The van der Waals surface area contributed by atoms with E-state index in [1.165, 1.54) is 12.8 Å². The molecule has 1 amide bonds. The number of H-pyrrole nitrogens is 1. The fraction of sp³-hybridized carbons (Fsp3) is 0.500. The van der Waals surface area contributed by atoms with Crippen LogP contribution in [0, 0.1) is 5.92 Å². The number of aromatic nitrogens is 2. The van der Waals surface area contributed by atoms with E-state index < -0.39 is 5.91 Å². The summed E-state index contributed by atoms with van der Waals surface area (Å²) in [7, 11) is 0. The normalized spacial score (nSPS) is 28.5. The predicted octanol–water partition coefficient (Wildman–Crippen LogP) is 1.99. The molecular formula is C16H20N4O. The lowest BCUT2D eigenvalue weighted by molar-refractivity contribution is 0.100. The second-order valence-corrected chi connectivity index (χ2v) is 6.33. The summed E-state index contributed by atoms with van der Waals surface area (Å²) >= 11 is 0. The van der Waals surface area contributed by atoms with Gasteiger partial charge in [-0.05, 0) is 43.9 Å². The summed E-state index contributed by atoms with van der Waals surface area (Å²) < 4.78 is 0. The molecule has 1 aliphatic heterocycles. The predicted molar refractivity (Wildman–Crippen MR) is 80.9 cm³/mol. The molecular weight excluding hydrogens is 264 g/mol. The Kier molecular flexibility index (Phi) is 2.63. The highest BCUT2D eigenvalue weighted by Crippen LogP contribution is 2.52. The molecule has 1 aromatic carbocycles. The van der Waals surface area contributed by atoms with Crippen LogP contribution in [0.5, 0.6) is 0 Å². The van der Waals surface area contributed by atoms with Gasteiger partial charge in [0.05, 0.1) is 16.6 Å². The summed E-state index contributed by atoms with van der Waals surface area (Å²) in [6.45, 7) is 4.41. The number of carbonyl (C=O) groups is 1. The van der Waals surface area contributed by atoms with Gasteiger partial charge in [0, 0.05) is 6.54 Å². The molecule has 3 N–H and O–H groups in total. The molecule has 21 heavy (non-hydrogen) atoms. The van der Waals surface area contributed by atoms with Crippen LogP contribution in [0.2, 0.25) is 0 Å². The number of amides is 1. The van der Waals surface area contributed by atoms with Crippen LogP contribution >= 0.6 is 0 Å². The molecule has 4 rings (SSSR count). The zero-order valence-electron chi connectivity index (χ0n) is 12.2. The van der Waals surface area contributed by atoms with E-state index in [4.69, 9.17) is 10.7 Å². The maximum Gasteiger partial charge on any atom is 0.250 e. The first-order valence-corrected chi connectivity index (χ1v) is 7.68. The standard InChI is InChI=1S/C16H20N4O/c1-2-20-9-10-6-7-16(20,8-10)15-18-12-5-3-4-11(14(17)21)13(12)19-15/h3-5,10H,2,6-9H2,1H3,(H2,17,21)(H,18,19)/t10-,16-/m0/s1. The van der Waals surface area contributed by atoms with Gasteiger partial charge in [-0.2, -0.15) is 0 Å². The number of hydrogen-bond donors (Lipinski definition) is 2. The Morgan fingerprint density at radius 3 is 3.14 bits per heavy atom. The van der Waals surface area contributed by atoms with Crippen LogP contribution in [0.4, 0.5) is 0 Å². The molecule has 2 bridgehead atoms. The molecule has 0 spiro atoms. The summed E-state index contributed by atoms with van der Waals surface area (Å²) in [6, 6.07) is 5.56. The molecule has 0 unspecified atom stereocenters. The van der Waals surface area contributed by atoms with Crippen molar-refractivity contribution in [1.82, 2.24) is 14.9 Å². The zero-order valence-corrected chi connectivity index (χ0v) is 12.2. The summed E-state index contributed by atoms with van der Waals surface area (Å²) in [4.78, 5) is 22.4. The Balaban J connectivity index is 1.88. The number of nitrogens with one attached hydrogen (secondary N) is 1.